The quantitative estimate of drug-likeness (QED) is 0.819. The van der Waals surface area contributed by atoms with Gasteiger partial charge in [0.25, 0.3) is 10.0 Å². The van der Waals surface area contributed by atoms with Crippen molar-refractivity contribution in [2.45, 2.75) is 5.03 Å². The molecule has 0 atom stereocenters. The van der Waals surface area contributed by atoms with Gasteiger partial charge in [-0.15, -0.1) is 24.8 Å². The van der Waals surface area contributed by atoms with Gasteiger partial charge in [-0.2, -0.15) is 4.31 Å². The minimum atomic E-state index is -3.43. The van der Waals surface area contributed by atoms with Gasteiger partial charge in [0.15, 0.2) is 5.03 Å². The molecule has 8 heteroatoms. The van der Waals surface area contributed by atoms with Crippen molar-refractivity contribution in [1.82, 2.24) is 14.6 Å². The van der Waals surface area contributed by atoms with Crippen molar-refractivity contribution in [2.24, 2.45) is 0 Å². The molecule has 0 radical (unpaired) electrons. The van der Waals surface area contributed by atoms with E-state index in [0.29, 0.717) is 13.1 Å². The van der Waals surface area contributed by atoms with E-state index in [1.165, 1.54) is 27.7 Å². The molecule has 0 bridgehead atoms. The first-order valence-electron chi connectivity index (χ1n) is 5.49. The Bertz CT molecular complexity index is 559. The number of sulfonamides is 1. The predicted molar refractivity (Wildman–Crippen MR) is 77.4 cm³/mol. The van der Waals surface area contributed by atoms with Crippen molar-refractivity contribution in [1.29, 1.82) is 0 Å². The molecule has 0 saturated heterocycles. The number of hydrogen-bond acceptors (Lipinski definition) is 4. The zero-order valence-electron chi connectivity index (χ0n) is 10.1. The Labute approximate surface area is 125 Å². The van der Waals surface area contributed by atoms with Gasteiger partial charge in [0.2, 0.25) is 0 Å². The summed E-state index contributed by atoms with van der Waals surface area (Å²) in [5, 5.41) is 3.36. The molecule has 1 aromatic rings. The monoisotopic (exact) mass is 323 g/mol. The van der Waals surface area contributed by atoms with E-state index in [9.17, 15) is 8.42 Å². The number of rotatable bonds is 2. The Kier molecular flexibility index (Phi) is 5.34. The summed E-state index contributed by atoms with van der Waals surface area (Å²) in [7, 11) is -3.43. The summed E-state index contributed by atoms with van der Waals surface area (Å²) in [6.07, 6.45) is 1.51. The first-order valence-corrected chi connectivity index (χ1v) is 6.93. The molecule has 106 valence electrons. The molecular weight excluding hydrogens is 309 g/mol. The van der Waals surface area contributed by atoms with Crippen LogP contribution < -0.4 is 5.32 Å². The Hall–Kier alpha value is -0.660. The molecule has 0 amide bonds. The molecule has 3 heterocycles. The molecule has 2 aliphatic heterocycles. The number of pyridine rings is 1. The Morgan fingerprint density at radius 3 is 2.26 bits per heavy atom. The van der Waals surface area contributed by atoms with Crippen LogP contribution in [-0.4, -0.2) is 43.9 Å². The molecule has 0 fully saturated rings. The summed E-state index contributed by atoms with van der Waals surface area (Å²) < 4.78 is 26.1. The van der Waals surface area contributed by atoms with Crippen LogP contribution >= 0.6 is 24.8 Å². The smallest absolute Gasteiger partial charge is 0.261 e. The zero-order chi connectivity index (χ0) is 11.9. The van der Waals surface area contributed by atoms with Gasteiger partial charge < -0.3 is 5.32 Å². The first-order chi connectivity index (χ1) is 8.18. The highest BCUT2D eigenvalue weighted by molar-refractivity contribution is 7.89. The molecule has 2 aliphatic rings. The molecule has 0 aliphatic carbocycles. The molecule has 19 heavy (non-hydrogen) atoms. The van der Waals surface area contributed by atoms with Crippen LogP contribution in [0.15, 0.2) is 40.6 Å². The molecule has 1 N–H and O–H groups in total. The van der Waals surface area contributed by atoms with E-state index >= 15 is 0 Å². The maximum absolute atomic E-state index is 12.3. The molecule has 0 aromatic carbocycles. The summed E-state index contributed by atoms with van der Waals surface area (Å²) in [5.41, 5.74) is 2.43. The van der Waals surface area contributed by atoms with Crippen molar-refractivity contribution in [3.05, 3.63) is 35.5 Å². The maximum atomic E-state index is 12.3. The highest BCUT2D eigenvalue weighted by Crippen LogP contribution is 2.25. The Morgan fingerprint density at radius 1 is 1.11 bits per heavy atom. The SMILES string of the molecule is Cl.Cl.O=S(=O)(c1ccccn1)N1CC2=C(CNC2)C1. The topological polar surface area (TPSA) is 62.3 Å². The second kappa shape index (κ2) is 6.19. The van der Waals surface area contributed by atoms with Crippen molar-refractivity contribution < 1.29 is 8.42 Å². The van der Waals surface area contributed by atoms with Crippen LogP contribution in [0, 0.1) is 0 Å². The lowest BCUT2D eigenvalue weighted by Crippen LogP contribution is -2.33. The van der Waals surface area contributed by atoms with E-state index in [1.54, 1.807) is 12.1 Å². The molecule has 1 aromatic heterocycles. The van der Waals surface area contributed by atoms with E-state index < -0.39 is 10.0 Å². The van der Waals surface area contributed by atoms with Crippen molar-refractivity contribution in [3.63, 3.8) is 0 Å². The van der Waals surface area contributed by atoms with E-state index in [1.807, 2.05) is 0 Å². The van der Waals surface area contributed by atoms with E-state index in [4.69, 9.17) is 0 Å². The van der Waals surface area contributed by atoms with Crippen LogP contribution in [0.4, 0.5) is 0 Å². The lowest BCUT2D eigenvalue weighted by molar-refractivity contribution is 0.470. The van der Waals surface area contributed by atoms with Gasteiger partial charge in [-0.05, 0) is 23.3 Å². The number of halogens is 2. The molecule has 0 spiro atoms. The standard InChI is InChI=1S/C11H13N3O2S.2ClH/c15-17(16,11-3-1-2-4-13-11)14-7-9-5-12-6-10(9)8-14;;/h1-4,12H,5-8H2;2*1H. The summed E-state index contributed by atoms with van der Waals surface area (Å²) >= 11 is 0. The minimum absolute atomic E-state index is 0. The number of nitrogens with zero attached hydrogens (tertiary/aromatic N) is 2. The largest absolute Gasteiger partial charge is 0.309 e. The van der Waals surface area contributed by atoms with Crippen LogP contribution in [0.1, 0.15) is 0 Å². The van der Waals surface area contributed by atoms with E-state index in [2.05, 4.69) is 10.3 Å². The van der Waals surface area contributed by atoms with Crippen LogP contribution in [0.3, 0.4) is 0 Å². The predicted octanol–water partition coefficient (Wildman–Crippen LogP) is 0.829. The van der Waals surface area contributed by atoms with Crippen LogP contribution in [0.2, 0.25) is 0 Å². The summed E-state index contributed by atoms with van der Waals surface area (Å²) in [4.78, 5) is 3.93. The second-order valence-corrected chi connectivity index (χ2v) is 6.14. The van der Waals surface area contributed by atoms with Crippen molar-refractivity contribution >= 4 is 34.8 Å². The van der Waals surface area contributed by atoms with Crippen LogP contribution in [-0.2, 0) is 10.0 Å². The molecule has 0 saturated carbocycles. The zero-order valence-corrected chi connectivity index (χ0v) is 12.5. The van der Waals surface area contributed by atoms with Crippen molar-refractivity contribution in [3.8, 4) is 0 Å². The fraction of sp³-hybridized carbons (Fsp3) is 0.364. The average Bonchev–Trinajstić information content (AvgIpc) is 2.90. The number of nitrogens with one attached hydrogen (secondary N) is 1. The second-order valence-electron chi connectivity index (χ2n) is 4.25. The minimum Gasteiger partial charge on any atom is -0.309 e. The number of hydrogen-bond donors (Lipinski definition) is 1. The lowest BCUT2D eigenvalue weighted by Gasteiger charge is -2.17. The Balaban J connectivity index is 0.000000902. The third-order valence-electron chi connectivity index (χ3n) is 3.15. The van der Waals surface area contributed by atoms with E-state index in [0.717, 1.165) is 13.1 Å². The third kappa shape index (κ3) is 2.93. The lowest BCUT2D eigenvalue weighted by atomic mass is 10.2. The van der Waals surface area contributed by atoms with Gasteiger partial charge in [0.05, 0.1) is 0 Å². The average molecular weight is 324 g/mol. The van der Waals surface area contributed by atoms with Gasteiger partial charge in [-0.1, -0.05) is 6.07 Å². The first kappa shape index (κ1) is 16.4. The third-order valence-corrected chi connectivity index (χ3v) is 4.86. The fourth-order valence-corrected chi connectivity index (χ4v) is 3.59. The summed E-state index contributed by atoms with van der Waals surface area (Å²) in [6.45, 7) is 2.62. The highest BCUT2D eigenvalue weighted by Gasteiger charge is 2.34. The number of aromatic nitrogens is 1. The molecule has 0 unspecified atom stereocenters. The van der Waals surface area contributed by atoms with Crippen LogP contribution in [0.5, 0.6) is 0 Å². The van der Waals surface area contributed by atoms with Gasteiger partial charge >= 0.3 is 0 Å². The van der Waals surface area contributed by atoms with Crippen molar-refractivity contribution in [2.75, 3.05) is 26.2 Å². The van der Waals surface area contributed by atoms with Crippen LogP contribution in [0.25, 0.3) is 0 Å². The molecule has 3 rings (SSSR count). The maximum Gasteiger partial charge on any atom is 0.261 e. The summed E-state index contributed by atoms with van der Waals surface area (Å²) in [5.74, 6) is 0. The van der Waals surface area contributed by atoms with Gasteiger partial charge in [0, 0.05) is 32.4 Å². The fourth-order valence-electron chi connectivity index (χ4n) is 2.23. The van der Waals surface area contributed by atoms with Gasteiger partial charge in [0.1, 0.15) is 0 Å². The van der Waals surface area contributed by atoms with Gasteiger partial charge in [-0.25, -0.2) is 13.4 Å². The van der Waals surface area contributed by atoms with Gasteiger partial charge in [-0.3, -0.25) is 0 Å². The van der Waals surface area contributed by atoms with E-state index in [-0.39, 0.29) is 29.8 Å². The normalized spacial score (nSPS) is 18.7. The molecule has 5 nitrogen and oxygen atoms in total. The molecular formula is C11H15Cl2N3O2S. The summed E-state index contributed by atoms with van der Waals surface area (Å²) in [6, 6.07) is 4.95. The Morgan fingerprint density at radius 2 is 1.74 bits per heavy atom. The highest BCUT2D eigenvalue weighted by atomic mass is 35.5.